The first kappa shape index (κ1) is 9.92. The fourth-order valence-corrected chi connectivity index (χ4v) is 1.90. The number of nitrogens with zero attached hydrogens (tertiary/aromatic N) is 2. The van der Waals surface area contributed by atoms with Gasteiger partial charge in [-0.15, -0.1) is 0 Å². The van der Waals surface area contributed by atoms with Crippen LogP contribution in [0.25, 0.3) is 5.69 Å². The van der Waals surface area contributed by atoms with Gasteiger partial charge >= 0.3 is 0 Å². The molecule has 15 heavy (non-hydrogen) atoms. The molecule has 1 aromatic heterocycles. The monoisotopic (exact) mass is 222 g/mol. The summed E-state index contributed by atoms with van der Waals surface area (Å²) >= 11 is 0. The zero-order valence-electron chi connectivity index (χ0n) is 8.16. The van der Waals surface area contributed by atoms with E-state index in [4.69, 9.17) is 0 Å². The second-order valence-corrected chi connectivity index (χ2v) is 5.23. The molecule has 0 saturated heterocycles. The molecule has 1 aromatic carbocycles. The van der Waals surface area contributed by atoms with Gasteiger partial charge in [-0.1, -0.05) is 0 Å². The summed E-state index contributed by atoms with van der Waals surface area (Å²) in [5.74, 6) is 0. The average Bonchev–Trinajstić information content (AvgIpc) is 2.69. The molecule has 0 aliphatic carbocycles. The lowest BCUT2D eigenvalue weighted by Crippen LogP contribution is -1.98. The minimum absolute atomic E-state index is 0.318. The van der Waals surface area contributed by atoms with Gasteiger partial charge in [0, 0.05) is 18.6 Å². The molecule has 0 aliphatic rings. The first-order valence-electron chi connectivity index (χ1n) is 4.37. The van der Waals surface area contributed by atoms with Crippen molar-refractivity contribution in [3.05, 3.63) is 42.7 Å². The highest BCUT2D eigenvalue weighted by Crippen LogP contribution is 2.12. The predicted octanol–water partition coefficient (Wildman–Crippen LogP) is 1.28. The van der Waals surface area contributed by atoms with Crippen LogP contribution in [-0.4, -0.2) is 24.5 Å². The Morgan fingerprint density at radius 1 is 1.20 bits per heavy atom. The van der Waals surface area contributed by atoms with Crippen LogP contribution >= 0.6 is 0 Å². The minimum Gasteiger partial charge on any atom is -0.241 e. The van der Waals surface area contributed by atoms with Crippen molar-refractivity contribution in [2.45, 2.75) is 4.90 Å². The normalized spacial score (nSPS) is 11.5. The van der Waals surface area contributed by atoms with Gasteiger partial charge in [-0.3, -0.25) is 0 Å². The number of benzene rings is 1. The van der Waals surface area contributed by atoms with E-state index >= 15 is 0 Å². The van der Waals surface area contributed by atoms with E-state index in [0.29, 0.717) is 4.90 Å². The maximum Gasteiger partial charge on any atom is 0.175 e. The van der Waals surface area contributed by atoms with Gasteiger partial charge in [0.1, 0.15) is 0 Å². The van der Waals surface area contributed by atoms with Gasteiger partial charge in [0.25, 0.3) is 0 Å². The summed E-state index contributed by atoms with van der Waals surface area (Å²) in [4.78, 5) is 0.318. The second-order valence-electron chi connectivity index (χ2n) is 3.22. The van der Waals surface area contributed by atoms with Crippen LogP contribution in [0.3, 0.4) is 0 Å². The van der Waals surface area contributed by atoms with E-state index in [1.807, 2.05) is 6.07 Å². The Morgan fingerprint density at radius 3 is 2.33 bits per heavy atom. The fraction of sp³-hybridized carbons (Fsp3) is 0.100. The lowest BCUT2D eigenvalue weighted by Gasteiger charge is -2.02. The van der Waals surface area contributed by atoms with E-state index in [1.165, 1.54) is 6.26 Å². The molecule has 0 bridgehead atoms. The van der Waals surface area contributed by atoms with Crippen molar-refractivity contribution in [1.29, 1.82) is 0 Å². The largest absolute Gasteiger partial charge is 0.241 e. The number of aromatic nitrogens is 2. The van der Waals surface area contributed by atoms with Gasteiger partial charge in [0.05, 0.1) is 10.6 Å². The Hall–Kier alpha value is -1.62. The summed E-state index contributed by atoms with van der Waals surface area (Å²) in [5, 5.41) is 4.05. The molecule has 0 atom stereocenters. The van der Waals surface area contributed by atoms with E-state index in [-0.39, 0.29) is 0 Å². The summed E-state index contributed by atoms with van der Waals surface area (Å²) in [5.41, 5.74) is 0.840. The van der Waals surface area contributed by atoms with Crippen LogP contribution in [0.4, 0.5) is 0 Å². The van der Waals surface area contributed by atoms with Gasteiger partial charge in [0.15, 0.2) is 9.84 Å². The molecule has 1 heterocycles. The van der Waals surface area contributed by atoms with Gasteiger partial charge < -0.3 is 0 Å². The van der Waals surface area contributed by atoms with Crippen LogP contribution in [0.1, 0.15) is 0 Å². The smallest absolute Gasteiger partial charge is 0.175 e. The van der Waals surface area contributed by atoms with E-state index < -0.39 is 9.84 Å². The Labute approximate surface area is 88.1 Å². The molecule has 2 aromatic rings. The maximum atomic E-state index is 11.2. The summed E-state index contributed by atoms with van der Waals surface area (Å²) in [6.07, 6.45) is 4.66. The van der Waals surface area contributed by atoms with E-state index in [1.54, 1.807) is 41.3 Å². The minimum atomic E-state index is -3.12. The third-order valence-electron chi connectivity index (χ3n) is 2.03. The maximum absolute atomic E-state index is 11.2. The molecular weight excluding hydrogens is 212 g/mol. The molecule has 0 saturated carbocycles. The molecule has 0 unspecified atom stereocenters. The quantitative estimate of drug-likeness (QED) is 0.769. The van der Waals surface area contributed by atoms with Crippen LogP contribution in [0.15, 0.2) is 47.6 Å². The average molecular weight is 222 g/mol. The van der Waals surface area contributed by atoms with Crippen LogP contribution in [0.2, 0.25) is 0 Å². The molecule has 0 radical (unpaired) electrons. The molecule has 0 spiro atoms. The first-order valence-corrected chi connectivity index (χ1v) is 6.27. The van der Waals surface area contributed by atoms with Crippen LogP contribution in [-0.2, 0) is 9.84 Å². The van der Waals surface area contributed by atoms with Gasteiger partial charge in [0.2, 0.25) is 0 Å². The van der Waals surface area contributed by atoms with Crippen LogP contribution < -0.4 is 0 Å². The summed E-state index contributed by atoms with van der Waals surface area (Å²) < 4.78 is 24.1. The molecule has 0 aliphatic heterocycles. The number of hydrogen-bond donors (Lipinski definition) is 0. The Bertz CT molecular complexity index is 542. The van der Waals surface area contributed by atoms with E-state index in [2.05, 4.69) is 5.10 Å². The zero-order valence-corrected chi connectivity index (χ0v) is 8.98. The van der Waals surface area contributed by atoms with E-state index in [0.717, 1.165) is 5.69 Å². The molecule has 2 rings (SSSR count). The molecule has 5 heteroatoms. The number of hydrogen-bond acceptors (Lipinski definition) is 3. The highest BCUT2D eigenvalue weighted by molar-refractivity contribution is 7.90. The second kappa shape index (κ2) is 3.51. The number of rotatable bonds is 2. The van der Waals surface area contributed by atoms with Crippen molar-refractivity contribution in [1.82, 2.24) is 9.78 Å². The zero-order chi connectivity index (χ0) is 10.9. The van der Waals surface area contributed by atoms with Gasteiger partial charge in [-0.25, -0.2) is 13.1 Å². The van der Waals surface area contributed by atoms with Crippen LogP contribution in [0, 0.1) is 0 Å². The van der Waals surface area contributed by atoms with Crippen molar-refractivity contribution in [2.24, 2.45) is 0 Å². The predicted molar refractivity (Wildman–Crippen MR) is 56.7 cm³/mol. The SMILES string of the molecule is CS(=O)(=O)c1ccc(-n2cccn2)cc1. The highest BCUT2D eigenvalue weighted by Gasteiger charge is 2.06. The molecular formula is C10H10N2O2S. The Morgan fingerprint density at radius 2 is 1.87 bits per heavy atom. The van der Waals surface area contributed by atoms with Gasteiger partial charge in [-0.05, 0) is 30.3 Å². The van der Waals surface area contributed by atoms with Crippen molar-refractivity contribution in [3.8, 4) is 5.69 Å². The Kier molecular flexibility index (Phi) is 2.32. The van der Waals surface area contributed by atoms with Crippen LogP contribution in [0.5, 0.6) is 0 Å². The molecule has 78 valence electrons. The van der Waals surface area contributed by atoms with Gasteiger partial charge in [-0.2, -0.15) is 5.10 Å². The fourth-order valence-electron chi connectivity index (χ4n) is 1.27. The molecule has 4 nitrogen and oxygen atoms in total. The highest BCUT2D eigenvalue weighted by atomic mass is 32.2. The van der Waals surface area contributed by atoms with Crippen molar-refractivity contribution < 1.29 is 8.42 Å². The summed E-state index contributed by atoms with van der Waals surface area (Å²) in [6, 6.07) is 8.41. The third kappa shape index (κ3) is 2.07. The lowest BCUT2D eigenvalue weighted by molar-refractivity contribution is 0.602. The topological polar surface area (TPSA) is 52.0 Å². The third-order valence-corrected chi connectivity index (χ3v) is 3.16. The summed E-state index contributed by atoms with van der Waals surface area (Å²) in [6.45, 7) is 0. The molecule has 0 N–H and O–H groups in total. The van der Waals surface area contributed by atoms with E-state index in [9.17, 15) is 8.42 Å². The van der Waals surface area contributed by atoms with Crippen molar-refractivity contribution in [2.75, 3.05) is 6.26 Å². The molecule has 0 fully saturated rings. The van der Waals surface area contributed by atoms with Crippen molar-refractivity contribution in [3.63, 3.8) is 0 Å². The lowest BCUT2D eigenvalue weighted by atomic mass is 10.3. The standard InChI is InChI=1S/C10H10N2O2S/c1-15(13,14)10-5-3-9(4-6-10)12-8-2-7-11-12/h2-8H,1H3. The number of sulfone groups is 1. The van der Waals surface area contributed by atoms with Crippen molar-refractivity contribution >= 4 is 9.84 Å². The molecule has 0 amide bonds. The summed E-state index contributed by atoms with van der Waals surface area (Å²) in [7, 11) is -3.12. The Balaban J connectivity index is 2.42. The first-order chi connectivity index (χ1) is 7.07.